The number of hydrogen-bond acceptors (Lipinski definition) is 4. The highest BCUT2D eigenvalue weighted by atomic mass is 16.2. The molecule has 108 valence electrons. The quantitative estimate of drug-likeness (QED) is 0.872. The third-order valence-electron chi connectivity index (χ3n) is 3.09. The fraction of sp³-hybridized carbons (Fsp3) is 0.267. The molecule has 1 unspecified atom stereocenters. The minimum Gasteiger partial charge on any atom is -0.376 e. The number of rotatable bonds is 5. The standard InChI is InChI=1S/C15H17N5O/c1-11(15-17-7-8-20(15)2)19-14(21)10-18-13-5-3-12(9-16)4-6-13/h3-8,11,18H,10H2,1-2H3,(H,19,21). The van der Waals surface area contributed by atoms with Crippen molar-refractivity contribution in [2.75, 3.05) is 11.9 Å². The Hall–Kier alpha value is -2.81. The van der Waals surface area contributed by atoms with Crippen molar-refractivity contribution < 1.29 is 4.79 Å². The Balaban J connectivity index is 1.84. The van der Waals surface area contributed by atoms with E-state index < -0.39 is 0 Å². The van der Waals surface area contributed by atoms with E-state index in [-0.39, 0.29) is 18.5 Å². The van der Waals surface area contributed by atoms with E-state index in [1.807, 2.05) is 30.8 Å². The van der Waals surface area contributed by atoms with Crippen LogP contribution in [0.25, 0.3) is 0 Å². The molecule has 1 atom stereocenters. The zero-order chi connectivity index (χ0) is 15.2. The van der Waals surface area contributed by atoms with Gasteiger partial charge in [0.05, 0.1) is 24.2 Å². The van der Waals surface area contributed by atoms with Gasteiger partial charge in [-0.3, -0.25) is 4.79 Å². The van der Waals surface area contributed by atoms with Crippen LogP contribution in [0.4, 0.5) is 5.69 Å². The Morgan fingerprint density at radius 3 is 2.71 bits per heavy atom. The molecule has 0 radical (unpaired) electrons. The summed E-state index contributed by atoms with van der Waals surface area (Å²) in [4.78, 5) is 16.1. The monoisotopic (exact) mass is 283 g/mol. The van der Waals surface area contributed by atoms with Gasteiger partial charge in [0, 0.05) is 25.1 Å². The maximum Gasteiger partial charge on any atom is 0.239 e. The largest absolute Gasteiger partial charge is 0.376 e. The fourth-order valence-corrected chi connectivity index (χ4v) is 2.00. The second-order valence-electron chi connectivity index (χ2n) is 4.73. The number of aryl methyl sites for hydroxylation is 1. The molecule has 1 aromatic heterocycles. The molecule has 0 spiro atoms. The normalized spacial score (nSPS) is 11.5. The summed E-state index contributed by atoms with van der Waals surface area (Å²) < 4.78 is 1.87. The van der Waals surface area contributed by atoms with Gasteiger partial charge < -0.3 is 15.2 Å². The van der Waals surface area contributed by atoms with Crippen molar-refractivity contribution in [1.82, 2.24) is 14.9 Å². The van der Waals surface area contributed by atoms with E-state index in [1.54, 1.807) is 30.5 Å². The molecule has 0 saturated heterocycles. The Morgan fingerprint density at radius 1 is 1.43 bits per heavy atom. The number of benzene rings is 1. The molecule has 0 aliphatic carbocycles. The predicted octanol–water partition coefficient (Wildman–Crippen LogP) is 1.58. The first kappa shape index (κ1) is 14.6. The number of imidazole rings is 1. The van der Waals surface area contributed by atoms with Crippen LogP contribution in [0.1, 0.15) is 24.4 Å². The van der Waals surface area contributed by atoms with Gasteiger partial charge in [-0.25, -0.2) is 4.98 Å². The lowest BCUT2D eigenvalue weighted by Crippen LogP contribution is -2.33. The summed E-state index contributed by atoms with van der Waals surface area (Å²) in [6, 6.07) is 8.85. The van der Waals surface area contributed by atoms with E-state index in [0.29, 0.717) is 5.56 Å². The van der Waals surface area contributed by atoms with E-state index in [1.165, 1.54) is 0 Å². The van der Waals surface area contributed by atoms with Crippen LogP contribution in [0.3, 0.4) is 0 Å². The Kier molecular flexibility index (Phi) is 4.57. The minimum absolute atomic E-state index is 0.116. The molecule has 0 fully saturated rings. The molecule has 2 N–H and O–H groups in total. The highest BCUT2D eigenvalue weighted by Gasteiger charge is 2.12. The first-order valence-corrected chi connectivity index (χ1v) is 6.61. The SMILES string of the molecule is CC(NC(=O)CNc1ccc(C#N)cc1)c1nccn1C. The van der Waals surface area contributed by atoms with E-state index in [0.717, 1.165) is 11.5 Å². The van der Waals surface area contributed by atoms with Gasteiger partial charge >= 0.3 is 0 Å². The molecule has 0 aliphatic rings. The van der Waals surface area contributed by atoms with E-state index in [2.05, 4.69) is 15.6 Å². The molecule has 1 heterocycles. The lowest BCUT2D eigenvalue weighted by molar-refractivity contribution is -0.120. The van der Waals surface area contributed by atoms with Crippen LogP contribution in [0.5, 0.6) is 0 Å². The molecule has 6 heteroatoms. The number of nitrogens with zero attached hydrogens (tertiary/aromatic N) is 3. The molecule has 2 rings (SSSR count). The van der Waals surface area contributed by atoms with Gasteiger partial charge in [-0.05, 0) is 31.2 Å². The van der Waals surface area contributed by atoms with Crippen molar-refractivity contribution in [3.05, 3.63) is 48.0 Å². The van der Waals surface area contributed by atoms with Gasteiger partial charge in [-0.2, -0.15) is 5.26 Å². The highest BCUT2D eigenvalue weighted by Crippen LogP contribution is 2.09. The average Bonchev–Trinajstić information content (AvgIpc) is 2.92. The van der Waals surface area contributed by atoms with Gasteiger partial charge in [0.25, 0.3) is 0 Å². The number of amides is 1. The number of aromatic nitrogens is 2. The summed E-state index contributed by atoms with van der Waals surface area (Å²) in [7, 11) is 1.89. The first-order valence-electron chi connectivity index (χ1n) is 6.61. The third-order valence-corrected chi connectivity index (χ3v) is 3.09. The maximum absolute atomic E-state index is 11.9. The highest BCUT2D eigenvalue weighted by molar-refractivity contribution is 5.81. The van der Waals surface area contributed by atoms with Gasteiger partial charge in [-0.1, -0.05) is 0 Å². The van der Waals surface area contributed by atoms with Gasteiger partial charge in [0.15, 0.2) is 0 Å². The topological polar surface area (TPSA) is 82.7 Å². The van der Waals surface area contributed by atoms with Crippen LogP contribution in [-0.2, 0) is 11.8 Å². The molecule has 1 aromatic carbocycles. The number of nitrogens with one attached hydrogen (secondary N) is 2. The molecule has 2 aromatic rings. The van der Waals surface area contributed by atoms with Crippen molar-refractivity contribution in [3.63, 3.8) is 0 Å². The molecule has 21 heavy (non-hydrogen) atoms. The lowest BCUT2D eigenvalue weighted by atomic mass is 10.2. The van der Waals surface area contributed by atoms with Crippen molar-refractivity contribution in [1.29, 1.82) is 5.26 Å². The molecule has 6 nitrogen and oxygen atoms in total. The fourth-order valence-electron chi connectivity index (χ4n) is 2.00. The summed E-state index contributed by atoms with van der Waals surface area (Å²) in [5.41, 5.74) is 1.39. The van der Waals surface area contributed by atoms with E-state index in [9.17, 15) is 4.79 Å². The molecule has 0 bridgehead atoms. The summed E-state index contributed by atoms with van der Waals surface area (Å²) in [5, 5.41) is 14.6. The van der Waals surface area contributed by atoms with Gasteiger partial charge in [0.1, 0.15) is 5.82 Å². The van der Waals surface area contributed by atoms with Crippen molar-refractivity contribution >= 4 is 11.6 Å². The molecule has 1 amide bonds. The Morgan fingerprint density at radius 2 is 2.14 bits per heavy atom. The molecule has 0 saturated carbocycles. The van der Waals surface area contributed by atoms with Crippen LogP contribution in [0.2, 0.25) is 0 Å². The van der Waals surface area contributed by atoms with E-state index >= 15 is 0 Å². The van der Waals surface area contributed by atoms with Crippen molar-refractivity contribution in [2.24, 2.45) is 7.05 Å². The van der Waals surface area contributed by atoms with Crippen molar-refractivity contribution in [2.45, 2.75) is 13.0 Å². The number of carbonyl (C=O) groups excluding carboxylic acids is 1. The smallest absolute Gasteiger partial charge is 0.239 e. The second kappa shape index (κ2) is 6.57. The average molecular weight is 283 g/mol. The van der Waals surface area contributed by atoms with Crippen LogP contribution in [0.15, 0.2) is 36.7 Å². The van der Waals surface area contributed by atoms with Crippen LogP contribution in [-0.4, -0.2) is 22.0 Å². The minimum atomic E-state index is -0.153. The summed E-state index contributed by atoms with van der Waals surface area (Å²) in [6.45, 7) is 2.06. The zero-order valence-electron chi connectivity index (χ0n) is 12.0. The maximum atomic E-state index is 11.9. The number of hydrogen-bond donors (Lipinski definition) is 2. The van der Waals surface area contributed by atoms with E-state index in [4.69, 9.17) is 5.26 Å². The van der Waals surface area contributed by atoms with Crippen LogP contribution in [0, 0.1) is 11.3 Å². The Labute approximate surface area is 123 Å². The predicted molar refractivity (Wildman–Crippen MR) is 79.4 cm³/mol. The summed E-state index contributed by atoms with van der Waals surface area (Å²) >= 11 is 0. The number of carbonyl (C=O) groups is 1. The number of nitriles is 1. The van der Waals surface area contributed by atoms with Crippen LogP contribution < -0.4 is 10.6 Å². The zero-order valence-corrected chi connectivity index (χ0v) is 12.0. The Bertz CT molecular complexity index is 653. The number of anilines is 1. The van der Waals surface area contributed by atoms with Gasteiger partial charge in [-0.15, -0.1) is 0 Å². The summed E-state index contributed by atoms with van der Waals surface area (Å²) in [5.74, 6) is 0.691. The first-order chi connectivity index (χ1) is 10.1. The lowest BCUT2D eigenvalue weighted by Gasteiger charge is -2.14. The summed E-state index contributed by atoms with van der Waals surface area (Å²) in [6.07, 6.45) is 3.54. The van der Waals surface area contributed by atoms with Gasteiger partial charge in [0.2, 0.25) is 5.91 Å². The molecular weight excluding hydrogens is 266 g/mol. The third kappa shape index (κ3) is 3.83. The second-order valence-corrected chi connectivity index (χ2v) is 4.73. The molecule has 0 aliphatic heterocycles. The van der Waals surface area contributed by atoms with Crippen molar-refractivity contribution in [3.8, 4) is 6.07 Å². The van der Waals surface area contributed by atoms with Crippen LogP contribution >= 0.6 is 0 Å². The molecular formula is C15H17N5O.